The Hall–Kier alpha value is -2.37. The lowest BCUT2D eigenvalue weighted by Gasteiger charge is -2.20. The lowest BCUT2D eigenvalue weighted by Crippen LogP contribution is -2.20. The van der Waals surface area contributed by atoms with Gasteiger partial charge in [-0.3, -0.25) is 14.2 Å². The lowest BCUT2D eigenvalue weighted by molar-refractivity contribution is 0.290. The van der Waals surface area contributed by atoms with Gasteiger partial charge in [-0.1, -0.05) is 23.7 Å². The molecule has 3 aromatic rings. The predicted octanol–water partition coefficient (Wildman–Crippen LogP) is 2.04. The summed E-state index contributed by atoms with van der Waals surface area (Å²) in [6.07, 6.45) is 3.50. The largest absolute Gasteiger partial charge is 0.339 e. The summed E-state index contributed by atoms with van der Waals surface area (Å²) in [6.45, 7) is 0.440. The first-order chi connectivity index (χ1) is 10.2. The summed E-state index contributed by atoms with van der Waals surface area (Å²) in [7, 11) is 1.76. The molecule has 0 bridgehead atoms. The summed E-state index contributed by atoms with van der Waals surface area (Å²) >= 11 is 0. The van der Waals surface area contributed by atoms with Crippen LogP contribution < -0.4 is 5.56 Å². The van der Waals surface area contributed by atoms with Crippen molar-refractivity contribution in [3.63, 3.8) is 0 Å². The molecule has 1 saturated carbocycles. The third-order valence-electron chi connectivity index (χ3n) is 4.30. The van der Waals surface area contributed by atoms with Gasteiger partial charge < -0.3 is 4.52 Å². The van der Waals surface area contributed by atoms with Crippen molar-refractivity contribution >= 4 is 10.9 Å². The molecule has 6 heteroatoms. The van der Waals surface area contributed by atoms with Crippen LogP contribution in [-0.4, -0.2) is 19.5 Å². The molecule has 2 aromatic heterocycles. The fourth-order valence-electron chi connectivity index (χ4n) is 2.80. The Labute approximate surface area is 121 Å². The highest BCUT2D eigenvalue weighted by Crippen LogP contribution is 2.35. The van der Waals surface area contributed by atoms with Gasteiger partial charge in [0.15, 0.2) is 5.82 Å². The molecule has 0 radical (unpaired) electrons. The van der Waals surface area contributed by atoms with Crippen LogP contribution >= 0.6 is 0 Å². The molecule has 0 atom stereocenters. The van der Waals surface area contributed by atoms with E-state index in [2.05, 4.69) is 10.1 Å². The van der Waals surface area contributed by atoms with Crippen LogP contribution in [0, 0.1) is 0 Å². The lowest BCUT2D eigenvalue weighted by atomic mass is 9.85. The van der Waals surface area contributed by atoms with Gasteiger partial charge in [0.25, 0.3) is 5.56 Å². The van der Waals surface area contributed by atoms with Crippen molar-refractivity contribution < 1.29 is 4.52 Å². The molecule has 21 heavy (non-hydrogen) atoms. The molecule has 0 N–H and O–H groups in total. The van der Waals surface area contributed by atoms with Crippen LogP contribution in [0.3, 0.4) is 0 Å². The number of hydrogen-bond donors (Lipinski definition) is 0. The summed E-state index contributed by atoms with van der Waals surface area (Å²) < 4.78 is 8.82. The van der Waals surface area contributed by atoms with Gasteiger partial charge in [-0.2, -0.15) is 4.98 Å². The van der Waals surface area contributed by atoms with E-state index in [1.807, 2.05) is 28.9 Å². The Bertz CT molecular complexity index is 854. The second kappa shape index (κ2) is 4.58. The predicted molar refractivity (Wildman–Crippen MR) is 77.2 cm³/mol. The van der Waals surface area contributed by atoms with E-state index < -0.39 is 0 Å². The monoisotopic (exact) mass is 284 g/mol. The van der Waals surface area contributed by atoms with Crippen LogP contribution in [0.2, 0.25) is 0 Å². The first kappa shape index (κ1) is 12.4. The number of fused-ring (bicyclic) bond motifs is 1. The zero-order valence-electron chi connectivity index (χ0n) is 11.8. The summed E-state index contributed by atoms with van der Waals surface area (Å²) in [4.78, 5) is 16.7. The molecule has 1 aliphatic rings. The molecular weight excluding hydrogens is 268 g/mol. The molecule has 0 amide bonds. The first-order valence-electron chi connectivity index (χ1n) is 7.21. The minimum atomic E-state index is -0.00619. The van der Waals surface area contributed by atoms with Crippen LogP contribution in [0.5, 0.6) is 0 Å². The highest BCUT2D eigenvalue weighted by atomic mass is 16.5. The van der Waals surface area contributed by atoms with Gasteiger partial charge in [-0.25, -0.2) is 0 Å². The van der Waals surface area contributed by atoms with Gasteiger partial charge in [0.2, 0.25) is 5.89 Å². The van der Waals surface area contributed by atoms with Crippen molar-refractivity contribution in [2.75, 3.05) is 0 Å². The van der Waals surface area contributed by atoms with E-state index in [0.29, 0.717) is 23.7 Å². The topological polar surface area (TPSA) is 65.8 Å². The number of nitrogens with zero attached hydrogens (tertiary/aromatic N) is 4. The average molecular weight is 284 g/mol. The van der Waals surface area contributed by atoms with Crippen LogP contribution in [0.25, 0.3) is 10.9 Å². The summed E-state index contributed by atoms with van der Waals surface area (Å²) in [5, 5.41) is 4.76. The van der Waals surface area contributed by atoms with E-state index in [1.54, 1.807) is 11.7 Å². The smallest absolute Gasteiger partial charge is 0.274 e. The third-order valence-corrected chi connectivity index (χ3v) is 4.30. The Morgan fingerprint density at radius 2 is 2.14 bits per heavy atom. The fourth-order valence-corrected chi connectivity index (χ4v) is 2.80. The van der Waals surface area contributed by atoms with E-state index in [9.17, 15) is 4.79 Å². The molecule has 0 saturated heterocycles. The summed E-state index contributed by atoms with van der Waals surface area (Å²) in [5.74, 6) is 1.78. The van der Waals surface area contributed by atoms with Gasteiger partial charge in [0.05, 0.1) is 10.9 Å². The summed E-state index contributed by atoms with van der Waals surface area (Å²) in [6, 6.07) is 7.57. The number of benzene rings is 1. The average Bonchev–Trinajstić information content (AvgIpc) is 2.97. The molecule has 0 aliphatic heterocycles. The standard InChI is InChI=1S/C15H16N4O2/c1-18-15(20)11-7-2-3-8-12(11)19(18)9-13-16-14(21-17-13)10-5-4-6-10/h2-3,7-8,10H,4-6,9H2,1H3. The third kappa shape index (κ3) is 1.90. The van der Waals surface area contributed by atoms with E-state index in [4.69, 9.17) is 4.52 Å². The summed E-state index contributed by atoms with van der Waals surface area (Å²) in [5.41, 5.74) is 0.883. The molecule has 6 nitrogen and oxygen atoms in total. The van der Waals surface area contributed by atoms with Crippen molar-refractivity contribution in [3.05, 3.63) is 46.3 Å². The molecule has 1 fully saturated rings. The number of para-hydroxylation sites is 1. The van der Waals surface area contributed by atoms with Crippen molar-refractivity contribution in [3.8, 4) is 0 Å². The van der Waals surface area contributed by atoms with Crippen molar-refractivity contribution in [1.82, 2.24) is 19.5 Å². The maximum absolute atomic E-state index is 12.2. The van der Waals surface area contributed by atoms with Crippen LogP contribution in [0.15, 0.2) is 33.6 Å². The van der Waals surface area contributed by atoms with E-state index >= 15 is 0 Å². The maximum Gasteiger partial charge on any atom is 0.274 e. The molecule has 0 spiro atoms. The molecule has 1 aromatic carbocycles. The Morgan fingerprint density at radius 3 is 2.90 bits per heavy atom. The Morgan fingerprint density at radius 1 is 1.33 bits per heavy atom. The zero-order valence-corrected chi connectivity index (χ0v) is 11.8. The highest BCUT2D eigenvalue weighted by Gasteiger charge is 2.25. The SMILES string of the molecule is Cn1c(=O)c2ccccc2n1Cc1noc(C2CCC2)n1. The Balaban J connectivity index is 1.72. The number of hydrogen-bond acceptors (Lipinski definition) is 4. The zero-order chi connectivity index (χ0) is 14.4. The van der Waals surface area contributed by atoms with Crippen LogP contribution in [0.1, 0.15) is 36.9 Å². The van der Waals surface area contributed by atoms with Crippen molar-refractivity contribution in [1.29, 1.82) is 0 Å². The van der Waals surface area contributed by atoms with Crippen molar-refractivity contribution in [2.45, 2.75) is 31.7 Å². The van der Waals surface area contributed by atoms with Crippen molar-refractivity contribution in [2.24, 2.45) is 7.05 Å². The fraction of sp³-hybridized carbons (Fsp3) is 0.400. The second-order valence-electron chi connectivity index (χ2n) is 5.58. The Kier molecular flexibility index (Phi) is 2.70. The minimum absolute atomic E-state index is 0.00619. The van der Waals surface area contributed by atoms with Gasteiger partial charge in [-0.05, 0) is 25.0 Å². The minimum Gasteiger partial charge on any atom is -0.339 e. The molecule has 0 unspecified atom stereocenters. The van der Waals surface area contributed by atoms with Gasteiger partial charge in [0, 0.05) is 13.0 Å². The molecule has 108 valence electrons. The quantitative estimate of drug-likeness (QED) is 0.738. The van der Waals surface area contributed by atoms with Crippen LogP contribution in [0.4, 0.5) is 0 Å². The van der Waals surface area contributed by atoms with E-state index in [-0.39, 0.29) is 5.56 Å². The number of aromatic nitrogens is 4. The maximum atomic E-state index is 12.2. The van der Waals surface area contributed by atoms with Gasteiger partial charge in [0.1, 0.15) is 6.54 Å². The van der Waals surface area contributed by atoms with Gasteiger partial charge in [-0.15, -0.1) is 0 Å². The van der Waals surface area contributed by atoms with Crippen LogP contribution in [-0.2, 0) is 13.6 Å². The van der Waals surface area contributed by atoms with E-state index in [0.717, 1.165) is 24.2 Å². The molecule has 1 aliphatic carbocycles. The molecule has 2 heterocycles. The van der Waals surface area contributed by atoms with Gasteiger partial charge >= 0.3 is 0 Å². The normalized spacial score (nSPS) is 15.5. The van der Waals surface area contributed by atoms with E-state index in [1.165, 1.54) is 6.42 Å². The molecule has 4 rings (SSSR count). The number of rotatable bonds is 3. The highest BCUT2D eigenvalue weighted by molar-refractivity contribution is 5.78. The molecular formula is C15H16N4O2. The second-order valence-corrected chi connectivity index (χ2v) is 5.58. The first-order valence-corrected chi connectivity index (χ1v) is 7.21.